The largest absolute Gasteiger partial charge is 0.323 e. The molecule has 2 rings (SSSR count). The highest BCUT2D eigenvalue weighted by atomic mass is 14.8. The van der Waals surface area contributed by atoms with Crippen LogP contribution in [0.1, 0.15) is 11.1 Å². The molecular weight excluding hydrogens is 270 g/mol. The fraction of sp³-hybridized carbons (Fsp3) is 0.368. The molecule has 0 heterocycles. The molecule has 0 radical (unpaired) electrons. The van der Waals surface area contributed by atoms with Gasteiger partial charge in [-0.2, -0.15) is 0 Å². The van der Waals surface area contributed by atoms with Crippen LogP contribution in [0.2, 0.25) is 0 Å². The third kappa shape index (κ3) is 12.1. The van der Waals surface area contributed by atoms with E-state index in [4.69, 9.17) is 0 Å². The Kier molecular flexibility index (Phi) is 14.5. The number of hydrogen-bond donors (Lipinski definition) is 3. The Labute approximate surface area is 136 Å². The molecule has 0 spiro atoms. The minimum atomic E-state index is 0.959. The standard InChI is InChI=1S/C9H13N.C8H11N.C2H7N/c1-10-8-7-9-5-3-2-4-6-9;1-9-7-8-5-3-2-4-6-8;1-3-2/h2-6,10H,7-8H2,1H3;2-6,9H,7H2,1H3;3H,1-2H3. The van der Waals surface area contributed by atoms with Crippen molar-refractivity contribution in [3.63, 3.8) is 0 Å². The monoisotopic (exact) mass is 301 g/mol. The van der Waals surface area contributed by atoms with Gasteiger partial charge in [0.15, 0.2) is 0 Å². The van der Waals surface area contributed by atoms with E-state index < -0.39 is 0 Å². The molecular formula is C19H31N3. The van der Waals surface area contributed by atoms with E-state index >= 15 is 0 Å². The summed E-state index contributed by atoms with van der Waals surface area (Å²) < 4.78 is 0. The lowest BCUT2D eigenvalue weighted by atomic mass is 10.2. The summed E-state index contributed by atoms with van der Waals surface area (Å²) >= 11 is 0. The summed E-state index contributed by atoms with van der Waals surface area (Å²) in [6, 6.07) is 20.8. The molecule has 3 N–H and O–H groups in total. The van der Waals surface area contributed by atoms with Crippen LogP contribution in [-0.2, 0) is 13.0 Å². The van der Waals surface area contributed by atoms with Gasteiger partial charge in [0.1, 0.15) is 0 Å². The van der Waals surface area contributed by atoms with Crippen LogP contribution in [0.15, 0.2) is 60.7 Å². The second-order valence-corrected chi connectivity index (χ2v) is 4.86. The Morgan fingerprint density at radius 1 is 0.636 bits per heavy atom. The molecule has 0 saturated carbocycles. The number of likely N-dealkylation sites (N-methyl/N-ethyl adjacent to an activating group) is 1. The highest BCUT2D eigenvalue weighted by Crippen LogP contribution is 1.97. The lowest BCUT2D eigenvalue weighted by molar-refractivity contribution is 0.792. The first-order valence-corrected chi connectivity index (χ1v) is 7.74. The molecule has 0 bridgehead atoms. The number of rotatable bonds is 5. The highest BCUT2D eigenvalue weighted by Gasteiger charge is 1.86. The van der Waals surface area contributed by atoms with Crippen molar-refractivity contribution in [3.8, 4) is 0 Å². The van der Waals surface area contributed by atoms with Crippen LogP contribution < -0.4 is 16.0 Å². The van der Waals surface area contributed by atoms with E-state index in [9.17, 15) is 0 Å². The summed E-state index contributed by atoms with van der Waals surface area (Å²) in [4.78, 5) is 0. The van der Waals surface area contributed by atoms with Gasteiger partial charge in [-0.1, -0.05) is 60.7 Å². The molecule has 0 aliphatic heterocycles. The topological polar surface area (TPSA) is 36.1 Å². The van der Waals surface area contributed by atoms with Gasteiger partial charge in [-0.05, 0) is 52.3 Å². The molecule has 0 amide bonds. The summed E-state index contributed by atoms with van der Waals surface area (Å²) in [7, 11) is 7.68. The van der Waals surface area contributed by atoms with Crippen molar-refractivity contribution >= 4 is 0 Å². The SMILES string of the molecule is CNC.CNCCc1ccccc1.CNCc1ccccc1. The van der Waals surface area contributed by atoms with E-state index in [1.165, 1.54) is 11.1 Å². The molecule has 122 valence electrons. The van der Waals surface area contributed by atoms with E-state index in [1.807, 2.05) is 52.5 Å². The Hall–Kier alpha value is -1.68. The Morgan fingerprint density at radius 2 is 1.09 bits per heavy atom. The zero-order valence-electron chi connectivity index (χ0n) is 14.4. The van der Waals surface area contributed by atoms with Crippen molar-refractivity contribution in [3.05, 3.63) is 71.8 Å². The van der Waals surface area contributed by atoms with E-state index in [-0.39, 0.29) is 0 Å². The molecule has 0 unspecified atom stereocenters. The van der Waals surface area contributed by atoms with E-state index in [2.05, 4.69) is 52.3 Å². The third-order valence-corrected chi connectivity index (χ3v) is 2.73. The number of benzene rings is 2. The van der Waals surface area contributed by atoms with Gasteiger partial charge in [0.2, 0.25) is 0 Å². The van der Waals surface area contributed by atoms with Crippen molar-refractivity contribution in [1.82, 2.24) is 16.0 Å². The molecule has 0 aliphatic rings. The van der Waals surface area contributed by atoms with Crippen molar-refractivity contribution in [2.45, 2.75) is 13.0 Å². The van der Waals surface area contributed by atoms with Crippen LogP contribution in [0.5, 0.6) is 0 Å². The van der Waals surface area contributed by atoms with Gasteiger partial charge in [-0.25, -0.2) is 0 Å². The normalized spacial score (nSPS) is 9.09. The second-order valence-electron chi connectivity index (χ2n) is 4.86. The summed E-state index contributed by atoms with van der Waals surface area (Å²) in [5.74, 6) is 0. The van der Waals surface area contributed by atoms with Gasteiger partial charge in [0.05, 0.1) is 0 Å². The molecule has 2 aromatic carbocycles. The van der Waals surface area contributed by atoms with Crippen LogP contribution >= 0.6 is 0 Å². The maximum absolute atomic E-state index is 3.12. The molecule has 0 aliphatic carbocycles. The van der Waals surface area contributed by atoms with Crippen molar-refractivity contribution in [2.24, 2.45) is 0 Å². The Morgan fingerprint density at radius 3 is 1.50 bits per heavy atom. The average molecular weight is 301 g/mol. The minimum Gasteiger partial charge on any atom is -0.323 e. The van der Waals surface area contributed by atoms with Crippen molar-refractivity contribution in [1.29, 1.82) is 0 Å². The van der Waals surface area contributed by atoms with Crippen molar-refractivity contribution in [2.75, 3.05) is 34.7 Å². The molecule has 3 heteroatoms. The second kappa shape index (κ2) is 15.7. The van der Waals surface area contributed by atoms with Crippen LogP contribution in [-0.4, -0.2) is 34.7 Å². The molecule has 0 atom stereocenters. The predicted octanol–water partition coefficient (Wildman–Crippen LogP) is 2.69. The third-order valence-electron chi connectivity index (χ3n) is 2.73. The fourth-order valence-corrected chi connectivity index (χ4v) is 1.71. The molecule has 22 heavy (non-hydrogen) atoms. The molecule has 0 aromatic heterocycles. The van der Waals surface area contributed by atoms with Gasteiger partial charge in [-0.3, -0.25) is 0 Å². The van der Waals surface area contributed by atoms with E-state index in [0.717, 1.165) is 19.5 Å². The number of hydrogen-bond acceptors (Lipinski definition) is 3. The lowest BCUT2D eigenvalue weighted by Gasteiger charge is -1.97. The van der Waals surface area contributed by atoms with Gasteiger partial charge < -0.3 is 16.0 Å². The summed E-state index contributed by atoms with van der Waals surface area (Å²) in [6.07, 6.45) is 1.12. The summed E-state index contributed by atoms with van der Waals surface area (Å²) in [5.41, 5.74) is 2.73. The summed E-state index contributed by atoms with van der Waals surface area (Å²) in [6.45, 7) is 2.02. The highest BCUT2D eigenvalue weighted by molar-refractivity contribution is 5.15. The summed E-state index contributed by atoms with van der Waals surface area (Å²) in [5, 5.41) is 8.95. The van der Waals surface area contributed by atoms with Crippen LogP contribution in [0.25, 0.3) is 0 Å². The van der Waals surface area contributed by atoms with Crippen molar-refractivity contribution < 1.29 is 0 Å². The maximum atomic E-state index is 3.12. The average Bonchev–Trinajstić information content (AvgIpc) is 2.57. The lowest BCUT2D eigenvalue weighted by Crippen LogP contribution is -2.09. The first-order chi connectivity index (χ1) is 10.8. The van der Waals surface area contributed by atoms with Crippen LogP contribution in [0.4, 0.5) is 0 Å². The van der Waals surface area contributed by atoms with Crippen LogP contribution in [0, 0.1) is 0 Å². The smallest absolute Gasteiger partial charge is 0.0202 e. The first-order valence-electron chi connectivity index (χ1n) is 7.74. The Balaban J connectivity index is 0.000000342. The first kappa shape index (κ1) is 20.3. The predicted molar refractivity (Wildman–Crippen MR) is 98.3 cm³/mol. The quantitative estimate of drug-likeness (QED) is 0.795. The van der Waals surface area contributed by atoms with Crippen LogP contribution in [0.3, 0.4) is 0 Å². The molecule has 3 nitrogen and oxygen atoms in total. The number of nitrogens with one attached hydrogen (secondary N) is 3. The van der Waals surface area contributed by atoms with Gasteiger partial charge in [0, 0.05) is 6.54 Å². The van der Waals surface area contributed by atoms with Gasteiger partial charge in [0.25, 0.3) is 0 Å². The van der Waals surface area contributed by atoms with Gasteiger partial charge in [-0.15, -0.1) is 0 Å². The zero-order valence-corrected chi connectivity index (χ0v) is 14.4. The zero-order chi connectivity index (χ0) is 16.5. The van der Waals surface area contributed by atoms with Gasteiger partial charge >= 0.3 is 0 Å². The van der Waals surface area contributed by atoms with E-state index in [0.29, 0.717) is 0 Å². The molecule has 0 fully saturated rings. The maximum Gasteiger partial charge on any atom is 0.0202 e. The van der Waals surface area contributed by atoms with E-state index in [1.54, 1.807) is 0 Å². The molecule has 0 saturated heterocycles. The minimum absolute atomic E-state index is 0.959. The molecule has 2 aromatic rings. The Bertz CT molecular complexity index is 429. The fourth-order valence-electron chi connectivity index (χ4n) is 1.71.